The molecule has 2 amide bonds. The number of hydrogen-bond acceptors (Lipinski definition) is 4. The highest BCUT2D eigenvalue weighted by molar-refractivity contribution is 6.33. The molecule has 4 rings (SSSR count). The lowest BCUT2D eigenvalue weighted by Crippen LogP contribution is -2.45. The third kappa shape index (κ3) is 5.61. The summed E-state index contributed by atoms with van der Waals surface area (Å²) in [6, 6.07) is 15.0. The van der Waals surface area contributed by atoms with Crippen LogP contribution in [0.2, 0.25) is 5.02 Å². The van der Waals surface area contributed by atoms with Crippen molar-refractivity contribution in [3.8, 4) is 0 Å². The first kappa shape index (κ1) is 22.6. The quantitative estimate of drug-likeness (QED) is 0.671. The molecule has 0 radical (unpaired) electrons. The predicted molar refractivity (Wildman–Crippen MR) is 129 cm³/mol. The maximum Gasteiger partial charge on any atom is 0.253 e. The van der Waals surface area contributed by atoms with E-state index in [1.807, 2.05) is 36.4 Å². The van der Waals surface area contributed by atoms with Gasteiger partial charge in [0.15, 0.2) is 0 Å². The van der Waals surface area contributed by atoms with Crippen LogP contribution in [0.1, 0.15) is 46.4 Å². The van der Waals surface area contributed by atoms with E-state index in [0.717, 1.165) is 51.3 Å². The summed E-state index contributed by atoms with van der Waals surface area (Å²) in [5, 5.41) is 6.66. The number of carbonyl (C=O) groups excluding carboxylic acids is 2. The van der Waals surface area contributed by atoms with Gasteiger partial charge >= 0.3 is 0 Å². The van der Waals surface area contributed by atoms with E-state index in [-0.39, 0.29) is 17.9 Å². The number of anilines is 1. The van der Waals surface area contributed by atoms with E-state index in [1.165, 1.54) is 12.8 Å². The molecule has 0 spiro atoms. The van der Waals surface area contributed by atoms with E-state index in [2.05, 4.69) is 20.4 Å². The van der Waals surface area contributed by atoms with Crippen LogP contribution in [0.3, 0.4) is 0 Å². The molecule has 0 unspecified atom stereocenters. The highest BCUT2D eigenvalue weighted by atomic mass is 35.5. The number of benzene rings is 2. The van der Waals surface area contributed by atoms with Gasteiger partial charge in [-0.05, 0) is 63.0 Å². The first-order valence-corrected chi connectivity index (χ1v) is 11.9. The Balaban J connectivity index is 1.31. The number of nitrogens with zero attached hydrogens (tertiary/aromatic N) is 2. The van der Waals surface area contributed by atoms with Gasteiger partial charge in [0.25, 0.3) is 11.8 Å². The second-order valence-electron chi connectivity index (χ2n) is 8.54. The topological polar surface area (TPSA) is 64.7 Å². The van der Waals surface area contributed by atoms with Gasteiger partial charge in [0.05, 0.1) is 16.1 Å². The van der Waals surface area contributed by atoms with Gasteiger partial charge in [-0.2, -0.15) is 0 Å². The molecule has 0 aromatic heterocycles. The van der Waals surface area contributed by atoms with Gasteiger partial charge in [0, 0.05) is 37.9 Å². The molecule has 2 aromatic rings. The number of nitrogens with one attached hydrogen (secondary N) is 2. The molecule has 0 atom stereocenters. The monoisotopic (exact) mass is 454 g/mol. The normalized spacial score (nSPS) is 17.3. The van der Waals surface area contributed by atoms with E-state index in [9.17, 15) is 9.59 Å². The van der Waals surface area contributed by atoms with Crippen LogP contribution in [0.25, 0.3) is 0 Å². The Kier molecular flexibility index (Phi) is 7.66. The summed E-state index contributed by atoms with van der Waals surface area (Å²) in [7, 11) is 0. The van der Waals surface area contributed by atoms with Crippen LogP contribution < -0.4 is 15.5 Å². The maximum atomic E-state index is 12.9. The molecule has 2 saturated heterocycles. The summed E-state index contributed by atoms with van der Waals surface area (Å²) in [4.78, 5) is 30.1. The maximum absolute atomic E-state index is 12.9. The Morgan fingerprint density at radius 3 is 2.25 bits per heavy atom. The molecule has 2 fully saturated rings. The molecule has 2 aromatic carbocycles. The summed E-state index contributed by atoms with van der Waals surface area (Å²) in [6.45, 7) is 5.41. The Morgan fingerprint density at radius 2 is 1.53 bits per heavy atom. The smallest absolute Gasteiger partial charge is 0.253 e. The number of carbonyl (C=O) groups is 2. The molecule has 170 valence electrons. The number of para-hydroxylation sites is 1. The third-order valence-corrected chi connectivity index (χ3v) is 6.68. The Hall–Kier alpha value is -2.57. The van der Waals surface area contributed by atoms with E-state index < -0.39 is 0 Å². The largest absolute Gasteiger partial charge is 0.371 e. The number of rotatable bonds is 7. The number of halogens is 1. The van der Waals surface area contributed by atoms with E-state index in [0.29, 0.717) is 22.7 Å². The summed E-state index contributed by atoms with van der Waals surface area (Å²) in [6.07, 6.45) is 4.15. The van der Waals surface area contributed by atoms with Gasteiger partial charge in [-0.3, -0.25) is 9.59 Å². The lowest BCUT2D eigenvalue weighted by molar-refractivity contribution is 0.0929. The first-order chi connectivity index (χ1) is 15.6. The average Bonchev–Trinajstić information content (AvgIpc) is 3.33. The number of piperidine rings is 1. The minimum atomic E-state index is -0.133. The molecule has 0 bridgehead atoms. The highest BCUT2D eigenvalue weighted by Gasteiger charge is 2.24. The standard InChI is InChI=1S/C25H31ClN4O2/c26-22-9-3-1-7-20(22)25(32)28-19-11-16-30(17-12-19)23-10-4-2-8-21(23)24(31)27-13-18-29-14-5-6-15-29/h1-4,7-10,19H,5-6,11-18H2,(H,27,31)(H,28,32). The Labute approximate surface area is 194 Å². The molecule has 2 aliphatic heterocycles. The lowest BCUT2D eigenvalue weighted by atomic mass is 10.0. The molecule has 0 saturated carbocycles. The number of amides is 2. The Bertz CT molecular complexity index is 937. The van der Waals surface area contributed by atoms with Gasteiger partial charge in [0.1, 0.15) is 0 Å². The van der Waals surface area contributed by atoms with Crippen molar-refractivity contribution in [3.05, 3.63) is 64.7 Å². The van der Waals surface area contributed by atoms with Crippen LogP contribution >= 0.6 is 11.6 Å². The van der Waals surface area contributed by atoms with Crippen molar-refractivity contribution in [2.45, 2.75) is 31.7 Å². The molecule has 7 heteroatoms. The Morgan fingerprint density at radius 1 is 0.875 bits per heavy atom. The fourth-order valence-electron chi connectivity index (χ4n) is 4.54. The van der Waals surface area contributed by atoms with Crippen molar-refractivity contribution in [1.29, 1.82) is 0 Å². The van der Waals surface area contributed by atoms with Crippen molar-refractivity contribution in [2.75, 3.05) is 44.2 Å². The van der Waals surface area contributed by atoms with Crippen LogP contribution in [-0.4, -0.2) is 62.0 Å². The van der Waals surface area contributed by atoms with Crippen LogP contribution in [0.4, 0.5) is 5.69 Å². The summed E-state index contributed by atoms with van der Waals surface area (Å²) >= 11 is 6.15. The molecule has 32 heavy (non-hydrogen) atoms. The third-order valence-electron chi connectivity index (χ3n) is 6.35. The van der Waals surface area contributed by atoms with Gasteiger partial charge in [-0.25, -0.2) is 0 Å². The van der Waals surface area contributed by atoms with Gasteiger partial charge in [-0.15, -0.1) is 0 Å². The van der Waals surface area contributed by atoms with Crippen LogP contribution in [0.15, 0.2) is 48.5 Å². The number of hydrogen-bond donors (Lipinski definition) is 2. The zero-order valence-electron chi connectivity index (χ0n) is 18.4. The predicted octanol–water partition coefficient (Wildman–Crippen LogP) is 3.56. The molecule has 2 heterocycles. The summed E-state index contributed by atoms with van der Waals surface area (Å²) in [5.41, 5.74) is 2.18. The molecule has 6 nitrogen and oxygen atoms in total. The molecular weight excluding hydrogens is 424 g/mol. The van der Waals surface area contributed by atoms with E-state index in [4.69, 9.17) is 11.6 Å². The number of likely N-dealkylation sites (tertiary alicyclic amines) is 1. The zero-order valence-corrected chi connectivity index (χ0v) is 19.1. The molecular formula is C25H31ClN4O2. The van der Waals surface area contributed by atoms with Gasteiger partial charge in [-0.1, -0.05) is 35.9 Å². The summed E-state index contributed by atoms with van der Waals surface area (Å²) < 4.78 is 0. The summed E-state index contributed by atoms with van der Waals surface area (Å²) in [5.74, 6) is -0.152. The van der Waals surface area contributed by atoms with Crippen molar-refractivity contribution in [3.63, 3.8) is 0 Å². The second kappa shape index (κ2) is 10.8. The SMILES string of the molecule is O=C(NC1CCN(c2ccccc2C(=O)NCCN2CCCC2)CC1)c1ccccc1Cl. The van der Waals surface area contributed by atoms with Crippen LogP contribution in [-0.2, 0) is 0 Å². The van der Waals surface area contributed by atoms with Crippen molar-refractivity contribution in [1.82, 2.24) is 15.5 Å². The molecule has 2 N–H and O–H groups in total. The van der Waals surface area contributed by atoms with Crippen LogP contribution in [0, 0.1) is 0 Å². The average molecular weight is 455 g/mol. The lowest BCUT2D eigenvalue weighted by Gasteiger charge is -2.35. The van der Waals surface area contributed by atoms with Gasteiger partial charge in [0.2, 0.25) is 0 Å². The van der Waals surface area contributed by atoms with E-state index >= 15 is 0 Å². The minimum absolute atomic E-state index is 0.0195. The fourth-order valence-corrected chi connectivity index (χ4v) is 4.77. The van der Waals surface area contributed by atoms with Crippen molar-refractivity contribution >= 4 is 29.1 Å². The van der Waals surface area contributed by atoms with Crippen molar-refractivity contribution < 1.29 is 9.59 Å². The second-order valence-corrected chi connectivity index (χ2v) is 8.94. The highest BCUT2D eigenvalue weighted by Crippen LogP contribution is 2.25. The molecule has 2 aliphatic rings. The fraction of sp³-hybridized carbons (Fsp3) is 0.440. The van der Waals surface area contributed by atoms with Crippen molar-refractivity contribution in [2.24, 2.45) is 0 Å². The minimum Gasteiger partial charge on any atom is -0.371 e. The molecule has 0 aliphatic carbocycles. The van der Waals surface area contributed by atoms with E-state index in [1.54, 1.807) is 12.1 Å². The van der Waals surface area contributed by atoms with Crippen LogP contribution in [0.5, 0.6) is 0 Å². The zero-order chi connectivity index (χ0) is 22.3. The van der Waals surface area contributed by atoms with Gasteiger partial charge < -0.3 is 20.4 Å². The first-order valence-electron chi connectivity index (χ1n) is 11.5.